The third-order valence-electron chi connectivity index (χ3n) is 4.25. The smallest absolute Gasteiger partial charge is 0.244 e. The first-order valence-corrected chi connectivity index (χ1v) is 11.1. The van der Waals surface area contributed by atoms with Gasteiger partial charge in [0.25, 0.3) is 0 Å². The van der Waals surface area contributed by atoms with Gasteiger partial charge >= 0.3 is 0 Å². The Morgan fingerprint density at radius 3 is 2.67 bits per heavy atom. The van der Waals surface area contributed by atoms with Gasteiger partial charge in [-0.2, -0.15) is 4.31 Å². The zero-order valence-electron chi connectivity index (χ0n) is 15.2. The van der Waals surface area contributed by atoms with Gasteiger partial charge in [-0.1, -0.05) is 18.3 Å². The Hall–Kier alpha value is -2.04. The van der Waals surface area contributed by atoms with E-state index in [2.05, 4.69) is 15.5 Å². The summed E-state index contributed by atoms with van der Waals surface area (Å²) in [5, 5.41) is 11.8. The van der Waals surface area contributed by atoms with Gasteiger partial charge in [0.15, 0.2) is 0 Å². The lowest BCUT2D eigenvalue weighted by molar-refractivity contribution is -0.119. The van der Waals surface area contributed by atoms with Crippen LogP contribution in [0.2, 0.25) is 0 Å². The zero-order chi connectivity index (χ0) is 19.4. The Morgan fingerprint density at radius 1 is 1.30 bits per heavy atom. The van der Waals surface area contributed by atoms with E-state index in [1.165, 1.54) is 27.8 Å². The highest BCUT2D eigenvalue weighted by Crippen LogP contribution is 2.28. The number of rotatable bonds is 7. The molecule has 2 aromatic rings. The van der Waals surface area contributed by atoms with E-state index in [1.54, 1.807) is 12.1 Å². The van der Waals surface area contributed by atoms with Crippen LogP contribution in [0.3, 0.4) is 0 Å². The molecular weight excluding hydrogens is 388 g/mol. The maximum absolute atomic E-state index is 13.0. The zero-order valence-corrected chi connectivity index (χ0v) is 16.8. The number of aromatic nitrogens is 2. The van der Waals surface area contributed by atoms with Crippen LogP contribution in [0.25, 0.3) is 0 Å². The maximum atomic E-state index is 13.0. The number of hydrogen-bond donors (Lipinski definition) is 1. The summed E-state index contributed by atoms with van der Waals surface area (Å²) < 4.78 is 32.6. The summed E-state index contributed by atoms with van der Waals surface area (Å²) in [6.45, 7) is 4.63. The summed E-state index contributed by atoms with van der Waals surface area (Å²) in [5.74, 6) is 0.232. The molecule has 1 fully saturated rings. The summed E-state index contributed by atoms with van der Waals surface area (Å²) in [6.07, 6.45) is 1.83. The molecule has 0 saturated carbocycles. The van der Waals surface area contributed by atoms with Crippen LogP contribution < -0.4 is 10.1 Å². The molecule has 8 nitrogen and oxygen atoms in total. The minimum Gasteiger partial charge on any atom is -0.494 e. The fraction of sp³-hybridized carbons (Fsp3) is 0.471. The monoisotopic (exact) mass is 410 g/mol. The second-order valence-electron chi connectivity index (χ2n) is 6.02. The van der Waals surface area contributed by atoms with Crippen LogP contribution in [0.5, 0.6) is 5.75 Å². The summed E-state index contributed by atoms with van der Waals surface area (Å²) >= 11 is 1.30. The standard InChI is InChI=1S/C17H22N4O4S2/c1-3-15-19-20-17(26-15)18-16(22)14-6-5-11-21(14)27(23,24)13-9-7-12(8-10-13)25-4-2/h7-10,14H,3-6,11H2,1-2H3,(H,18,20,22)/t14-/m1/s1. The molecule has 0 aliphatic carbocycles. The van der Waals surface area contributed by atoms with Crippen LogP contribution in [0, 0.1) is 0 Å². The number of nitrogens with zero attached hydrogens (tertiary/aromatic N) is 3. The summed E-state index contributed by atoms with van der Waals surface area (Å²) in [6, 6.07) is 5.50. The number of carbonyl (C=O) groups is 1. The van der Waals surface area contributed by atoms with Gasteiger partial charge in [-0.25, -0.2) is 8.42 Å². The average molecular weight is 411 g/mol. The lowest BCUT2D eigenvalue weighted by Gasteiger charge is -2.23. The molecule has 0 radical (unpaired) electrons. The molecule has 1 aromatic carbocycles. The van der Waals surface area contributed by atoms with Crippen molar-refractivity contribution in [3.05, 3.63) is 29.3 Å². The van der Waals surface area contributed by atoms with Gasteiger partial charge in [-0.3, -0.25) is 10.1 Å². The van der Waals surface area contributed by atoms with Crippen molar-refractivity contribution in [3.63, 3.8) is 0 Å². The fourth-order valence-corrected chi connectivity index (χ4v) is 5.27. The van der Waals surface area contributed by atoms with Crippen molar-refractivity contribution in [2.24, 2.45) is 0 Å². The first-order chi connectivity index (χ1) is 13.0. The topological polar surface area (TPSA) is 101 Å². The molecule has 0 bridgehead atoms. The summed E-state index contributed by atoms with van der Waals surface area (Å²) in [4.78, 5) is 12.8. The van der Waals surface area contributed by atoms with E-state index in [0.29, 0.717) is 36.9 Å². The molecular formula is C17H22N4O4S2. The van der Waals surface area contributed by atoms with E-state index >= 15 is 0 Å². The molecule has 0 unspecified atom stereocenters. The molecule has 1 amide bonds. The SMILES string of the molecule is CCOc1ccc(S(=O)(=O)N2CCC[C@@H]2C(=O)Nc2nnc(CC)s2)cc1. The molecule has 10 heteroatoms. The van der Waals surface area contributed by atoms with Crippen LogP contribution in [-0.4, -0.2) is 48.0 Å². The Bertz CT molecular complexity index is 896. The van der Waals surface area contributed by atoms with Crippen molar-refractivity contribution in [1.82, 2.24) is 14.5 Å². The molecule has 1 aliphatic rings. The Labute approximate surface area is 162 Å². The molecule has 1 saturated heterocycles. The van der Waals surface area contributed by atoms with E-state index in [-0.39, 0.29) is 10.8 Å². The molecule has 3 rings (SSSR count). The van der Waals surface area contributed by atoms with E-state index in [4.69, 9.17) is 4.74 Å². The quantitative estimate of drug-likeness (QED) is 0.751. The van der Waals surface area contributed by atoms with Crippen molar-refractivity contribution < 1.29 is 17.9 Å². The first-order valence-electron chi connectivity index (χ1n) is 8.83. The van der Waals surface area contributed by atoms with Crippen LogP contribution in [0.1, 0.15) is 31.7 Å². The lowest BCUT2D eigenvalue weighted by Crippen LogP contribution is -2.43. The van der Waals surface area contributed by atoms with E-state index < -0.39 is 16.1 Å². The Morgan fingerprint density at radius 2 is 2.04 bits per heavy atom. The van der Waals surface area contributed by atoms with Crippen molar-refractivity contribution in [3.8, 4) is 5.75 Å². The molecule has 1 N–H and O–H groups in total. The Kier molecular flexibility index (Phi) is 6.08. The number of anilines is 1. The molecule has 1 aliphatic heterocycles. The largest absolute Gasteiger partial charge is 0.494 e. The third-order valence-corrected chi connectivity index (χ3v) is 7.15. The van der Waals surface area contributed by atoms with Crippen molar-refractivity contribution in [2.45, 2.75) is 44.0 Å². The van der Waals surface area contributed by atoms with Crippen molar-refractivity contribution >= 4 is 32.4 Å². The van der Waals surface area contributed by atoms with Gasteiger partial charge in [0, 0.05) is 6.54 Å². The van der Waals surface area contributed by atoms with Crippen LogP contribution in [0.15, 0.2) is 29.2 Å². The first kappa shape index (κ1) is 19.7. The van der Waals surface area contributed by atoms with Crippen LogP contribution >= 0.6 is 11.3 Å². The predicted octanol–water partition coefficient (Wildman–Crippen LogP) is 2.29. The summed E-state index contributed by atoms with van der Waals surface area (Å²) in [5.41, 5.74) is 0. The number of benzene rings is 1. The predicted molar refractivity (Wildman–Crippen MR) is 102 cm³/mol. The number of ether oxygens (including phenoxy) is 1. The molecule has 146 valence electrons. The molecule has 27 heavy (non-hydrogen) atoms. The van der Waals surface area contributed by atoms with Crippen LogP contribution in [-0.2, 0) is 21.2 Å². The molecule has 0 spiro atoms. The van der Waals surface area contributed by atoms with Crippen molar-refractivity contribution in [2.75, 3.05) is 18.5 Å². The van der Waals surface area contributed by atoms with Gasteiger partial charge in [0.05, 0.1) is 11.5 Å². The summed E-state index contributed by atoms with van der Waals surface area (Å²) in [7, 11) is -3.77. The van der Waals surface area contributed by atoms with Gasteiger partial charge in [0.1, 0.15) is 16.8 Å². The van der Waals surface area contributed by atoms with E-state index in [9.17, 15) is 13.2 Å². The average Bonchev–Trinajstić information content (AvgIpc) is 3.32. The van der Waals surface area contributed by atoms with Crippen LogP contribution in [0.4, 0.5) is 5.13 Å². The van der Waals surface area contributed by atoms with E-state index in [0.717, 1.165) is 11.4 Å². The Balaban J connectivity index is 1.76. The second kappa shape index (κ2) is 8.32. The molecule has 1 atom stereocenters. The number of amides is 1. The van der Waals surface area contributed by atoms with Crippen molar-refractivity contribution in [1.29, 1.82) is 0 Å². The second-order valence-corrected chi connectivity index (χ2v) is 8.97. The minimum absolute atomic E-state index is 0.148. The van der Waals surface area contributed by atoms with E-state index in [1.807, 2.05) is 13.8 Å². The number of carbonyl (C=O) groups excluding carboxylic acids is 1. The molecule has 2 heterocycles. The fourth-order valence-electron chi connectivity index (χ4n) is 2.94. The van der Waals surface area contributed by atoms with Gasteiger partial charge in [-0.15, -0.1) is 10.2 Å². The number of nitrogens with one attached hydrogen (secondary N) is 1. The normalized spacial score (nSPS) is 17.8. The van der Waals surface area contributed by atoms with Gasteiger partial charge in [-0.05, 0) is 50.5 Å². The number of sulfonamides is 1. The lowest BCUT2D eigenvalue weighted by atomic mass is 10.2. The highest BCUT2D eigenvalue weighted by molar-refractivity contribution is 7.89. The minimum atomic E-state index is -3.77. The van der Waals surface area contributed by atoms with Gasteiger partial charge < -0.3 is 4.74 Å². The third kappa shape index (κ3) is 4.28. The van der Waals surface area contributed by atoms with Gasteiger partial charge in [0.2, 0.25) is 21.1 Å². The molecule has 1 aromatic heterocycles. The maximum Gasteiger partial charge on any atom is 0.244 e. The number of hydrogen-bond acceptors (Lipinski definition) is 7. The number of aryl methyl sites for hydroxylation is 1. The highest BCUT2D eigenvalue weighted by Gasteiger charge is 2.39. The highest BCUT2D eigenvalue weighted by atomic mass is 32.2.